The lowest BCUT2D eigenvalue weighted by Gasteiger charge is -1.81. The lowest BCUT2D eigenvalue weighted by Crippen LogP contribution is -1.83. The third-order valence-electron chi connectivity index (χ3n) is 1.26. The number of aliphatic hydroxyl groups is 1. The average molecular weight is 177 g/mol. The van der Waals surface area contributed by atoms with E-state index >= 15 is 0 Å². The lowest BCUT2D eigenvalue weighted by molar-refractivity contribution is -0.0708. The Morgan fingerprint density at radius 1 is 1.46 bits per heavy atom. The van der Waals surface area contributed by atoms with Crippen LogP contribution < -0.4 is 0 Å². The van der Waals surface area contributed by atoms with Crippen LogP contribution in [0.15, 0.2) is 41.4 Å². The van der Waals surface area contributed by atoms with E-state index in [2.05, 4.69) is 20.5 Å². The molecule has 0 saturated carbocycles. The summed E-state index contributed by atoms with van der Waals surface area (Å²) in [6, 6.07) is 9.14. The van der Waals surface area contributed by atoms with Gasteiger partial charge in [-0.3, -0.25) is 0 Å². The third-order valence-corrected chi connectivity index (χ3v) is 1.26. The normalized spacial score (nSPS) is 8.08. The molecule has 0 aliphatic carbocycles. The van der Waals surface area contributed by atoms with Crippen LogP contribution in [0.4, 0.5) is 5.69 Å². The Balaban J connectivity index is 2.86. The van der Waals surface area contributed by atoms with E-state index in [-0.39, 0.29) is 5.95 Å². The maximum absolute atomic E-state index is 8.77. The summed E-state index contributed by atoms with van der Waals surface area (Å²) in [4.78, 5) is 3.48. The van der Waals surface area contributed by atoms with Crippen molar-refractivity contribution in [1.29, 1.82) is 0 Å². The molecule has 0 bridgehead atoms. The molecule has 0 saturated heterocycles. The van der Waals surface area contributed by atoms with Crippen molar-refractivity contribution in [3.05, 3.63) is 36.3 Å². The van der Waals surface area contributed by atoms with Gasteiger partial charge in [-0.25, -0.2) is 0 Å². The van der Waals surface area contributed by atoms with Gasteiger partial charge in [0.05, 0.1) is 7.11 Å². The van der Waals surface area contributed by atoms with Crippen LogP contribution in [0.3, 0.4) is 0 Å². The van der Waals surface area contributed by atoms with Gasteiger partial charge in [0, 0.05) is 0 Å². The zero-order valence-corrected chi connectivity index (χ0v) is 7.14. The van der Waals surface area contributed by atoms with Gasteiger partial charge in [0.25, 0.3) is 0 Å². The molecule has 0 atom stereocenters. The Morgan fingerprint density at radius 3 is 2.77 bits per heavy atom. The predicted molar refractivity (Wildman–Crippen MR) is 46.9 cm³/mol. The fourth-order valence-electron chi connectivity index (χ4n) is 0.666. The van der Waals surface area contributed by atoms with E-state index in [0.717, 1.165) is 0 Å². The number of hydrogen-bond acceptors (Lipinski definition) is 3. The number of nitrogens with zero attached hydrogens (tertiary/aromatic N) is 2. The van der Waals surface area contributed by atoms with Gasteiger partial charge in [-0.1, -0.05) is 18.2 Å². The highest BCUT2D eigenvalue weighted by molar-refractivity contribution is 5.45. The molecule has 1 aromatic carbocycles. The monoisotopic (exact) mass is 177 g/mol. The summed E-state index contributed by atoms with van der Waals surface area (Å²) in [6.45, 7) is 0. The van der Waals surface area contributed by atoms with E-state index in [1.807, 2.05) is 18.2 Å². The number of rotatable bonds is 2. The van der Waals surface area contributed by atoms with Crippen molar-refractivity contribution in [2.75, 3.05) is 7.11 Å². The van der Waals surface area contributed by atoms with Gasteiger partial charge in [0.2, 0.25) is 0 Å². The van der Waals surface area contributed by atoms with E-state index in [1.165, 1.54) is 7.11 Å². The molecule has 0 heterocycles. The van der Waals surface area contributed by atoms with E-state index in [1.54, 1.807) is 12.1 Å². The SMILES string of the molecule is COC(O)=C=[N+]=Nc1ccccc1. The van der Waals surface area contributed by atoms with Crippen molar-refractivity contribution < 1.29 is 14.6 Å². The zero-order chi connectivity index (χ0) is 9.52. The summed E-state index contributed by atoms with van der Waals surface area (Å²) in [5, 5.41) is 12.5. The Bertz CT molecular complexity index is 360. The number of aliphatic hydroxyl groups excluding tert-OH is 1. The Labute approximate surface area is 75.5 Å². The van der Waals surface area contributed by atoms with Crippen LogP contribution in [0.1, 0.15) is 0 Å². The molecule has 0 radical (unpaired) electrons. The van der Waals surface area contributed by atoms with Crippen LogP contribution in [-0.4, -0.2) is 22.9 Å². The van der Waals surface area contributed by atoms with Crippen molar-refractivity contribution in [3.63, 3.8) is 0 Å². The minimum absolute atomic E-state index is 0.389. The highest BCUT2D eigenvalue weighted by Gasteiger charge is 1.92. The first-order chi connectivity index (χ1) is 6.33. The van der Waals surface area contributed by atoms with E-state index < -0.39 is 0 Å². The van der Waals surface area contributed by atoms with Crippen molar-refractivity contribution in [3.8, 4) is 0 Å². The Morgan fingerprint density at radius 2 is 2.15 bits per heavy atom. The smallest absolute Gasteiger partial charge is 0.441 e. The van der Waals surface area contributed by atoms with E-state index in [0.29, 0.717) is 5.69 Å². The Kier molecular flexibility index (Phi) is 3.33. The minimum Gasteiger partial charge on any atom is -0.470 e. The van der Waals surface area contributed by atoms with Gasteiger partial charge < -0.3 is 9.84 Å². The number of benzene rings is 1. The topological polar surface area (TPSA) is 55.9 Å². The maximum Gasteiger partial charge on any atom is 0.441 e. The minimum atomic E-state index is -0.389. The molecule has 4 nitrogen and oxygen atoms in total. The maximum atomic E-state index is 8.77. The van der Waals surface area contributed by atoms with Gasteiger partial charge in [-0.2, -0.15) is 0 Å². The van der Waals surface area contributed by atoms with Gasteiger partial charge in [0.15, 0.2) is 0 Å². The standard InChI is InChI=1S/C9H8N2O2/c1-13-9(12)7-10-11-8-5-3-2-4-6-8/h2-6H,1H3/p+1. The van der Waals surface area contributed by atoms with E-state index in [9.17, 15) is 0 Å². The van der Waals surface area contributed by atoms with E-state index in [4.69, 9.17) is 5.11 Å². The largest absolute Gasteiger partial charge is 0.470 e. The quantitative estimate of drug-likeness (QED) is 0.323. The molecule has 4 heteroatoms. The average Bonchev–Trinajstić information content (AvgIpc) is 2.19. The molecule has 0 amide bonds. The van der Waals surface area contributed by atoms with Crippen LogP contribution in [0.2, 0.25) is 0 Å². The number of ether oxygens (including phenoxy) is 1. The predicted octanol–water partition coefficient (Wildman–Crippen LogP) is 1.69. The van der Waals surface area contributed by atoms with Gasteiger partial charge in [-0.15, -0.1) is 0 Å². The summed E-state index contributed by atoms with van der Waals surface area (Å²) >= 11 is 0. The second-order valence-corrected chi connectivity index (χ2v) is 2.16. The molecule has 0 unspecified atom stereocenters. The first kappa shape index (κ1) is 9.07. The number of hydrogen-bond donors (Lipinski definition) is 1. The molecular formula is C9H9N2O2+. The molecule has 1 N–H and O–H groups in total. The molecule has 0 aliphatic heterocycles. The highest BCUT2D eigenvalue weighted by Crippen LogP contribution is 2.07. The summed E-state index contributed by atoms with van der Waals surface area (Å²) in [5.74, 6) is 1.80. The summed E-state index contributed by atoms with van der Waals surface area (Å²) in [6.07, 6.45) is 0. The first-order valence-electron chi connectivity index (χ1n) is 3.64. The Hall–Kier alpha value is -2.02. The van der Waals surface area contributed by atoms with Crippen molar-refractivity contribution in [1.82, 2.24) is 0 Å². The molecular weight excluding hydrogens is 168 g/mol. The second kappa shape index (κ2) is 4.78. The molecule has 0 aromatic heterocycles. The first-order valence-corrected chi connectivity index (χ1v) is 3.64. The summed E-state index contributed by atoms with van der Waals surface area (Å²) in [5.41, 5.74) is 0.693. The van der Waals surface area contributed by atoms with Crippen LogP contribution in [0.5, 0.6) is 0 Å². The highest BCUT2D eigenvalue weighted by atomic mass is 16.6. The lowest BCUT2D eigenvalue weighted by atomic mass is 10.3. The van der Waals surface area contributed by atoms with Crippen LogP contribution in [0.25, 0.3) is 0 Å². The van der Waals surface area contributed by atoms with Crippen LogP contribution >= 0.6 is 0 Å². The van der Waals surface area contributed by atoms with Gasteiger partial charge >= 0.3 is 11.8 Å². The fourth-order valence-corrected chi connectivity index (χ4v) is 0.666. The van der Waals surface area contributed by atoms with Crippen molar-refractivity contribution in [2.45, 2.75) is 0 Å². The van der Waals surface area contributed by atoms with Crippen molar-refractivity contribution >= 4 is 11.6 Å². The van der Waals surface area contributed by atoms with Crippen LogP contribution in [-0.2, 0) is 4.74 Å². The molecule has 13 heavy (non-hydrogen) atoms. The van der Waals surface area contributed by atoms with Crippen LogP contribution in [0, 0.1) is 0 Å². The summed E-state index contributed by atoms with van der Waals surface area (Å²) in [7, 11) is 1.32. The second-order valence-electron chi connectivity index (χ2n) is 2.16. The molecule has 0 fully saturated rings. The number of methoxy groups -OCH3 is 1. The molecule has 0 aliphatic rings. The van der Waals surface area contributed by atoms with Gasteiger partial charge in [-0.05, 0) is 12.1 Å². The molecule has 1 aromatic rings. The molecule has 1 rings (SSSR count). The zero-order valence-electron chi connectivity index (χ0n) is 7.14. The van der Waals surface area contributed by atoms with Gasteiger partial charge in [0.1, 0.15) is 15.6 Å². The fraction of sp³-hybridized carbons (Fsp3) is 0.111. The third kappa shape index (κ3) is 3.25. The van der Waals surface area contributed by atoms with Crippen molar-refractivity contribution in [2.24, 2.45) is 5.11 Å². The molecule has 66 valence electrons. The summed E-state index contributed by atoms with van der Waals surface area (Å²) < 4.78 is 4.40. The molecule has 0 spiro atoms.